The van der Waals surface area contributed by atoms with Gasteiger partial charge in [-0.1, -0.05) is 53.8 Å². The highest BCUT2D eigenvalue weighted by Gasteiger charge is 2.36. The van der Waals surface area contributed by atoms with Crippen LogP contribution in [0.2, 0.25) is 0 Å². The summed E-state index contributed by atoms with van der Waals surface area (Å²) < 4.78 is 57.2. The van der Waals surface area contributed by atoms with Gasteiger partial charge in [-0.15, -0.1) is 10.2 Å². The predicted molar refractivity (Wildman–Crippen MR) is 156 cm³/mol. The number of nitrogen functional groups attached to an aromatic ring is 1. The molecule has 0 spiro atoms. The molecule has 1 aliphatic heterocycles. The molecule has 0 aliphatic carbocycles. The van der Waals surface area contributed by atoms with Gasteiger partial charge >= 0.3 is 6.18 Å². The number of hydrogen-bond donors (Lipinski definition) is 2. The van der Waals surface area contributed by atoms with Crippen molar-refractivity contribution in [1.29, 1.82) is 0 Å². The number of nitrogens with one attached hydrogen (secondary N) is 1. The number of aromatic nitrogens is 4. The summed E-state index contributed by atoms with van der Waals surface area (Å²) in [5.41, 5.74) is 7.03. The van der Waals surface area contributed by atoms with Crippen molar-refractivity contribution in [3.63, 3.8) is 0 Å². The first-order valence-corrected chi connectivity index (χ1v) is 14.3. The number of nitrogens with two attached hydrogens (primary N) is 1. The molecule has 43 heavy (non-hydrogen) atoms. The van der Waals surface area contributed by atoms with Crippen LogP contribution < -0.4 is 11.1 Å². The van der Waals surface area contributed by atoms with Crippen molar-refractivity contribution >= 4 is 28.1 Å². The molecule has 5 aromatic rings. The third-order valence-corrected chi connectivity index (χ3v) is 7.95. The van der Waals surface area contributed by atoms with Crippen LogP contribution >= 0.6 is 11.3 Å². The smallest absolute Gasteiger partial charge is 0.374 e. The number of likely N-dealkylation sites (tertiary alicyclic amines) is 1. The zero-order valence-electron chi connectivity index (χ0n) is 22.6. The Labute approximate surface area is 247 Å². The number of hydrogen-bond acceptors (Lipinski definition) is 7. The molecule has 0 unspecified atom stereocenters. The number of carbonyl (C=O) groups excluding carboxylic acids is 1. The van der Waals surface area contributed by atoms with Gasteiger partial charge in [-0.3, -0.25) is 9.69 Å². The maximum absolute atomic E-state index is 15.4. The van der Waals surface area contributed by atoms with Gasteiger partial charge in [-0.25, -0.2) is 9.07 Å². The monoisotopic (exact) mass is 607 g/mol. The lowest BCUT2D eigenvalue weighted by Crippen LogP contribution is -2.19. The van der Waals surface area contributed by atoms with E-state index in [-0.39, 0.29) is 16.5 Å². The molecule has 1 fully saturated rings. The number of nitrogens with zero attached hydrogens (tertiary/aromatic N) is 5. The van der Waals surface area contributed by atoms with E-state index >= 15 is 4.39 Å². The normalized spacial score (nSPS) is 13.9. The second-order valence-corrected chi connectivity index (χ2v) is 11.1. The van der Waals surface area contributed by atoms with Gasteiger partial charge < -0.3 is 11.1 Å². The molecular weight excluding hydrogens is 582 g/mol. The molecule has 220 valence electrons. The van der Waals surface area contributed by atoms with Crippen LogP contribution in [0.25, 0.3) is 27.4 Å². The largest absolute Gasteiger partial charge is 0.435 e. The van der Waals surface area contributed by atoms with E-state index in [0.29, 0.717) is 22.2 Å². The Morgan fingerprint density at radius 2 is 1.74 bits per heavy atom. The second-order valence-electron chi connectivity index (χ2n) is 10.1. The van der Waals surface area contributed by atoms with Crippen LogP contribution in [0.15, 0.2) is 72.8 Å². The fraction of sp³-hybridized carbons (Fsp3) is 0.200. The van der Waals surface area contributed by atoms with Crippen LogP contribution in [-0.2, 0) is 12.7 Å². The van der Waals surface area contributed by atoms with E-state index in [4.69, 9.17) is 5.73 Å². The van der Waals surface area contributed by atoms with Gasteiger partial charge in [0, 0.05) is 18.2 Å². The third kappa shape index (κ3) is 6.13. The number of benzene rings is 3. The van der Waals surface area contributed by atoms with E-state index < -0.39 is 29.3 Å². The summed E-state index contributed by atoms with van der Waals surface area (Å²) in [6, 6.07) is 19.0. The van der Waals surface area contributed by atoms with Crippen LogP contribution in [0.1, 0.15) is 34.6 Å². The average molecular weight is 608 g/mol. The highest BCUT2D eigenvalue weighted by molar-refractivity contribution is 7.18. The number of amides is 1. The second kappa shape index (κ2) is 11.6. The minimum Gasteiger partial charge on any atom is -0.374 e. The Balaban J connectivity index is 1.29. The van der Waals surface area contributed by atoms with Gasteiger partial charge in [-0.05, 0) is 66.9 Å². The molecule has 8 nitrogen and oxygen atoms in total. The lowest BCUT2D eigenvalue weighted by Gasteiger charge is -2.18. The van der Waals surface area contributed by atoms with Gasteiger partial charge in [-0.2, -0.15) is 18.3 Å². The highest BCUT2D eigenvalue weighted by Crippen LogP contribution is 2.33. The minimum atomic E-state index is -4.82. The summed E-state index contributed by atoms with van der Waals surface area (Å²) in [6.45, 7) is 2.78. The Morgan fingerprint density at radius 3 is 2.47 bits per heavy atom. The first kappa shape index (κ1) is 28.5. The van der Waals surface area contributed by atoms with Gasteiger partial charge in [0.25, 0.3) is 5.91 Å². The Kier molecular flexibility index (Phi) is 7.67. The Morgan fingerprint density at radius 1 is 0.953 bits per heavy atom. The molecule has 2 aromatic heterocycles. The zero-order chi connectivity index (χ0) is 30.1. The van der Waals surface area contributed by atoms with Crippen molar-refractivity contribution in [2.45, 2.75) is 25.6 Å². The molecule has 13 heteroatoms. The fourth-order valence-corrected chi connectivity index (χ4v) is 5.70. The lowest BCUT2D eigenvalue weighted by atomic mass is 9.99. The fourth-order valence-electron chi connectivity index (χ4n) is 5.09. The molecule has 0 bridgehead atoms. The summed E-state index contributed by atoms with van der Waals surface area (Å²) in [6.07, 6.45) is -2.52. The first-order chi connectivity index (χ1) is 20.7. The highest BCUT2D eigenvalue weighted by atomic mass is 32.1. The molecule has 1 amide bonds. The predicted octanol–water partition coefficient (Wildman–Crippen LogP) is 6.65. The molecule has 0 atom stereocenters. The number of anilines is 2. The molecule has 3 aromatic carbocycles. The van der Waals surface area contributed by atoms with Crippen molar-refractivity contribution in [1.82, 2.24) is 24.9 Å². The molecule has 3 N–H and O–H groups in total. The number of halogens is 4. The van der Waals surface area contributed by atoms with Crippen molar-refractivity contribution in [2.75, 3.05) is 24.1 Å². The maximum Gasteiger partial charge on any atom is 0.435 e. The number of carbonyl (C=O) groups is 1. The van der Waals surface area contributed by atoms with Crippen LogP contribution in [-0.4, -0.2) is 43.9 Å². The van der Waals surface area contributed by atoms with Gasteiger partial charge in [0.05, 0.1) is 11.4 Å². The molecule has 1 saturated heterocycles. The summed E-state index contributed by atoms with van der Waals surface area (Å²) in [5, 5.41) is 14.5. The molecule has 0 radical (unpaired) electrons. The van der Waals surface area contributed by atoms with Crippen LogP contribution in [0.3, 0.4) is 0 Å². The quantitative estimate of drug-likeness (QED) is 0.201. The third-order valence-electron chi connectivity index (χ3n) is 7.15. The van der Waals surface area contributed by atoms with E-state index in [1.807, 2.05) is 24.3 Å². The Hall–Kier alpha value is -4.62. The number of rotatable bonds is 7. The topological polar surface area (TPSA) is 102 Å². The zero-order valence-corrected chi connectivity index (χ0v) is 23.4. The van der Waals surface area contributed by atoms with Crippen LogP contribution in [0, 0.1) is 5.82 Å². The first-order valence-electron chi connectivity index (χ1n) is 13.4. The maximum atomic E-state index is 15.4. The standard InChI is InChI=1S/C30H25F4N7OS/c31-23-15-18(22-9-2-1-6-20(22)17-40-12-3-4-13-40)10-11-24(23)36-27(42)25-16-26(30(32,33)34)39-41(25)21-8-5-7-19(14-21)28-37-38-29(35)43-28/h1-2,5-11,14-16H,3-4,12-13,17H2,(H2,35,38)(H,36,42). The molecule has 6 rings (SSSR count). The van der Waals surface area contributed by atoms with E-state index in [9.17, 15) is 18.0 Å². The van der Waals surface area contributed by atoms with Gasteiger partial charge in [0.15, 0.2) is 5.69 Å². The van der Waals surface area contributed by atoms with Crippen LogP contribution in [0.5, 0.6) is 0 Å². The SMILES string of the molecule is Nc1nnc(-c2cccc(-n3nc(C(F)(F)F)cc3C(=O)Nc3ccc(-c4ccccc4CN4CCCC4)cc3F)c2)s1. The average Bonchev–Trinajstić information content (AvgIpc) is 3.76. The summed E-state index contributed by atoms with van der Waals surface area (Å²) in [4.78, 5) is 15.7. The minimum absolute atomic E-state index is 0.164. The Bertz CT molecular complexity index is 1790. The van der Waals surface area contributed by atoms with Crippen molar-refractivity contribution in [3.8, 4) is 27.4 Å². The van der Waals surface area contributed by atoms with Gasteiger partial charge in [0.1, 0.15) is 16.5 Å². The summed E-state index contributed by atoms with van der Waals surface area (Å²) >= 11 is 1.10. The van der Waals surface area contributed by atoms with E-state index in [0.717, 1.165) is 59.6 Å². The van der Waals surface area contributed by atoms with E-state index in [1.165, 1.54) is 24.3 Å². The summed E-state index contributed by atoms with van der Waals surface area (Å²) in [5.74, 6) is -1.69. The van der Waals surface area contributed by atoms with Crippen molar-refractivity contribution < 1.29 is 22.4 Å². The van der Waals surface area contributed by atoms with E-state index in [2.05, 4.69) is 25.5 Å². The van der Waals surface area contributed by atoms with Crippen molar-refractivity contribution in [3.05, 3.63) is 95.6 Å². The number of alkyl halides is 3. The van der Waals surface area contributed by atoms with E-state index in [1.54, 1.807) is 18.2 Å². The lowest BCUT2D eigenvalue weighted by molar-refractivity contribution is -0.141. The van der Waals surface area contributed by atoms with Gasteiger partial charge in [0.2, 0.25) is 5.13 Å². The van der Waals surface area contributed by atoms with Crippen LogP contribution in [0.4, 0.5) is 28.4 Å². The molecule has 0 saturated carbocycles. The summed E-state index contributed by atoms with van der Waals surface area (Å²) in [7, 11) is 0. The van der Waals surface area contributed by atoms with Crippen molar-refractivity contribution in [2.24, 2.45) is 0 Å². The molecule has 3 heterocycles. The molecule has 1 aliphatic rings. The molecular formula is C30H25F4N7OS.